The number of alkyl halides is 6. The number of hydrogen-bond acceptors (Lipinski definition) is 3. The Morgan fingerprint density at radius 2 is 1.75 bits per heavy atom. The number of halogens is 6. The highest BCUT2D eigenvalue weighted by molar-refractivity contribution is 5.16. The molecule has 3 nitrogen and oxygen atoms in total. The molecule has 0 unspecified atom stereocenters. The second-order valence-corrected chi connectivity index (χ2v) is 3.83. The maximum Gasteiger partial charge on any atom is 0.434 e. The molecule has 0 saturated carbocycles. The Hall–Kier alpha value is -1.51. The smallest absolute Gasteiger partial charge is 0.434 e. The lowest BCUT2D eigenvalue weighted by Gasteiger charge is -2.23. The lowest BCUT2D eigenvalue weighted by atomic mass is 10.3. The summed E-state index contributed by atoms with van der Waals surface area (Å²) < 4.78 is 77.9. The molecule has 0 radical (unpaired) electrons. The van der Waals surface area contributed by atoms with Crippen molar-refractivity contribution in [2.75, 3.05) is 6.54 Å². The van der Waals surface area contributed by atoms with Crippen molar-refractivity contribution in [2.45, 2.75) is 31.9 Å². The van der Waals surface area contributed by atoms with Crippen LogP contribution in [-0.2, 0) is 6.54 Å². The standard InChI is InChI=1S/C11H12F6N2O/c1-2-18-6-7-4-3-5-8(19-7)20-9(10(12,13)14)11(15,16)17/h3-5,9,18H,2,6H2,1H3. The minimum Gasteiger partial charge on any atom is -0.455 e. The number of ether oxygens (including phenoxy) is 1. The third kappa shape index (κ3) is 4.87. The van der Waals surface area contributed by atoms with Crippen molar-refractivity contribution in [3.8, 4) is 5.88 Å². The predicted octanol–water partition coefficient (Wildman–Crippen LogP) is 3.06. The van der Waals surface area contributed by atoms with Crippen LogP contribution in [0.2, 0.25) is 0 Å². The highest BCUT2D eigenvalue weighted by Gasteiger charge is 2.59. The Labute approximate surface area is 110 Å². The summed E-state index contributed by atoms with van der Waals surface area (Å²) in [6, 6.07) is 3.68. The molecule has 9 heteroatoms. The van der Waals surface area contributed by atoms with E-state index in [-0.39, 0.29) is 12.2 Å². The van der Waals surface area contributed by atoms with Gasteiger partial charge in [0, 0.05) is 12.6 Å². The van der Waals surface area contributed by atoms with Gasteiger partial charge < -0.3 is 10.1 Å². The molecule has 0 aliphatic rings. The van der Waals surface area contributed by atoms with E-state index in [1.807, 2.05) is 0 Å². The van der Waals surface area contributed by atoms with Gasteiger partial charge in [-0.25, -0.2) is 4.98 Å². The minimum atomic E-state index is -5.56. The van der Waals surface area contributed by atoms with Gasteiger partial charge in [0.1, 0.15) is 0 Å². The van der Waals surface area contributed by atoms with Crippen LogP contribution in [-0.4, -0.2) is 30.0 Å². The van der Waals surface area contributed by atoms with E-state index in [2.05, 4.69) is 15.0 Å². The van der Waals surface area contributed by atoms with Crippen LogP contribution in [0.4, 0.5) is 26.3 Å². The quantitative estimate of drug-likeness (QED) is 0.849. The lowest BCUT2D eigenvalue weighted by Crippen LogP contribution is -2.46. The van der Waals surface area contributed by atoms with Crippen LogP contribution >= 0.6 is 0 Å². The molecule has 0 aromatic carbocycles. The van der Waals surface area contributed by atoms with Crippen molar-refractivity contribution in [1.82, 2.24) is 10.3 Å². The zero-order valence-electron chi connectivity index (χ0n) is 10.3. The molecule has 0 amide bonds. The molecule has 0 fully saturated rings. The van der Waals surface area contributed by atoms with E-state index in [4.69, 9.17) is 0 Å². The van der Waals surface area contributed by atoms with Crippen LogP contribution in [0.3, 0.4) is 0 Å². The van der Waals surface area contributed by atoms with E-state index < -0.39 is 24.3 Å². The van der Waals surface area contributed by atoms with E-state index in [1.165, 1.54) is 12.1 Å². The van der Waals surface area contributed by atoms with Crippen molar-refractivity contribution >= 4 is 0 Å². The first-order valence-corrected chi connectivity index (χ1v) is 5.61. The summed E-state index contributed by atoms with van der Waals surface area (Å²) in [6.45, 7) is 2.60. The Kier molecular flexibility index (Phi) is 5.21. The van der Waals surface area contributed by atoms with Gasteiger partial charge in [0.25, 0.3) is 6.10 Å². The van der Waals surface area contributed by atoms with Crippen LogP contribution in [0.25, 0.3) is 0 Å². The largest absolute Gasteiger partial charge is 0.455 e. The second-order valence-electron chi connectivity index (χ2n) is 3.83. The van der Waals surface area contributed by atoms with Crippen LogP contribution < -0.4 is 10.1 Å². The Bertz CT molecular complexity index is 418. The van der Waals surface area contributed by atoms with Crippen molar-refractivity contribution < 1.29 is 31.1 Å². The van der Waals surface area contributed by atoms with Gasteiger partial charge in [0.15, 0.2) is 0 Å². The molecule has 0 saturated heterocycles. The number of nitrogens with one attached hydrogen (secondary N) is 1. The van der Waals surface area contributed by atoms with Gasteiger partial charge in [-0.15, -0.1) is 0 Å². The minimum absolute atomic E-state index is 0.219. The fourth-order valence-electron chi connectivity index (χ4n) is 1.31. The number of rotatable bonds is 5. The first-order chi connectivity index (χ1) is 9.14. The Balaban J connectivity index is 2.89. The molecule has 20 heavy (non-hydrogen) atoms. The number of aromatic nitrogens is 1. The van der Waals surface area contributed by atoms with Gasteiger partial charge in [-0.3, -0.25) is 0 Å². The second kappa shape index (κ2) is 6.29. The maximum absolute atomic E-state index is 12.3. The summed E-state index contributed by atoms with van der Waals surface area (Å²) in [5.41, 5.74) is 0.285. The fraction of sp³-hybridized carbons (Fsp3) is 0.545. The van der Waals surface area contributed by atoms with Crippen molar-refractivity contribution in [1.29, 1.82) is 0 Å². The highest BCUT2D eigenvalue weighted by atomic mass is 19.4. The summed E-state index contributed by atoms with van der Waals surface area (Å²) in [7, 11) is 0. The fourth-order valence-corrected chi connectivity index (χ4v) is 1.31. The van der Waals surface area contributed by atoms with Gasteiger partial charge >= 0.3 is 12.4 Å². The molecular weight excluding hydrogens is 290 g/mol. The van der Waals surface area contributed by atoms with Crippen LogP contribution in [0.15, 0.2) is 18.2 Å². The third-order valence-corrected chi connectivity index (χ3v) is 2.17. The Morgan fingerprint density at radius 3 is 2.25 bits per heavy atom. The summed E-state index contributed by atoms with van der Waals surface area (Å²) in [5.74, 6) is -0.722. The van der Waals surface area contributed by atoms with Crippen LogP contribution in [0.5, 0.6) is 5.88 Å². The van der Waals surface area contributed by atoms with Gasteiger partial charge in [-0.05, 0) is 12.6 Å². The van der Waals surface area contributed by atoms with Crippen molar-refractivity contribution in [3.05, 3.63) is 23.9 Å². The maximum atomic E-state index is 12.3. The van der Waals surface area contributed by atoms with Crippen molar-refractivity contribution in [3.63, 3.8) is 0 Å². The number of hydrogen-bond donors (Lipinski definition) is 1. The third-order valence-electron chi connectivity index (χ3n) is 2.17. The molecule has 1 aromatic heterocycles. The molecule has 0 spiro atoms. The monoisotopic (exact) mass is 302 g/mol. The molecule has 114 valence electrons. The van der Waals surface area contributed by atoms with Crippen LogP contribution in [0.1, 0.15) is 12.6 Å². The number of nitrogens with zero attached hydrogens (tertiary/aromatic N) is 1. The molecule has 1 aromatic rings. The van der Waals surface area contributed by atoms with Crippen molar-refractivity contribution in [2.24, 2.45) is 0 Å². The van der Waals surface area contributed by atoms with E-state index in [0.717, 1.165) is 6.07 Å². The molecule has 1 heterocycles. The molecule has 0 bridgehead atoms. The average Bonchev–Trinajstić information content (AvgIpc) is 2.31. The van der Waals surface area contributed by atoms with Gasteiger partial charge in [-0.1, -0.05) is 13.0 Å². The summed E-state index contributed by atoms with van der Waals surface area (Å²) >= 11 is 0. The first kappa shape index (κ1) is 16.5. The highest BCUT2D eigenvalue weighted by Crippen LogP contribution is 2.36. The van der Waals surface area contributed by atoms with E-state index in [1.54, 1.807) is 6.92 Å². The van der Waals surface area contributed by atoms with Gasteiger partial charge in [0.05, 0.1) is 5.69 Å². The lowest BCUT2D eigenvalue weighted by molar-refractivity contribution is -0.300. The molecule has 1 N–H and O–H groups in total. The molecule has 0 aliphatic carbocycles. The normalized spacial score (nSPS) is 12.8. The van der Waals surface area contributed by atoms with Gasteiger partial charge in [-0.2, -0.15) is 26.3 Å². The topological polar surface area (TPSA) is 34.1 Å². The van der Waals surface area contributed by atoms with E-state index in [0.29, 0.717) is 6.54 Å². The summed E-state index contributed by atoms with van der Waals surface area (Å²) in [5, 5.41) is 2.84. The Morgan fingerprint density at radius 1 is 1.15 bits per heavy atom. The zero-order valence-corrected chi connectivity index (χ0v) is 10.3. The van der Waals surface area contributed by atoms with E-state index >= 15 is 0 Å². The van der Waals surface area contributed by atoms with Crippen LogP contribution in [0, 0.1) is 0 Å². The predicted molar refractivity (Wildman–Crippen MR) is 58.1 cm³/mol. The molecule has 1 rings (SSSR count). The summed E-state index contributed by atoms with van der Waals surface area (Å²) in [6.07, 6.45) is -15.0. The summed E-state index contributed by atoms with van der Waals surface area (Å²) in [4.78, 5) is 3.59. The van der Waals surface area contributed by atoms with Gasteiger partial charge in [0.2, 0.25) is 5.88 Å². The number of pyridine rings is 1. The molecule has 0 atom stereocenters. The SMILES string of the molecule is CCNCc1cccc(OC(C(F)(F)F)C(F)(F)F)n1. The molecule has 0 aliphatic heterocycles. The first-order valence-electron chi connectivity index (χ1n) is 5.61. The molecular formula is C11H12F6N2O. The van der Waals surface area contributed by atoms with E-state index in [9.17, 15) is 26.3 Å². The zero-order chi connectivity index (χ0) is 15.4. The average molecular weight is 302 g/mol.